The van der Waals surface area contributed by atoms with Gasteiger partial charge in [-0.05, 0) is 31.4 Å². The molecule has 0 spiro atoms. The van der Waals surface area contributed by atoms with Gasteiger partial charge in [0.25, 0.3) is 0 Å². The Morgan fingerprint density at radius 1 is 1.42 bits per heavy atom. The number of benzene rings is 1. The van der Waals surface area contributed by atoms with Crippen LogP contribution in [-0.2, 0) is 16.6 Å². The predicted molar refractivity (Wildman–Crippen MR) is 74.1 cm³/mol. The molecule has 6 heteroatoms. The van der Waals surface area contributed by atoms with Crippen molar-refractivity contribution in [3.05, 3.63) is 34.6 Å². The Morgan fingerprint density at radius 2 is 2.11 bits per heavy atom. The van der Waals surface area contributed by atoms with Gasteiger partial charge in [0.15, 0.2) is 0 Å². The van der Waals surface area contributed by atoms with Crippen molar-refractivity contribution >= 4 is 21.6 Å². The van der Waals surface area contributed by atoms with Crippen LogP contribution in [0.2, 0.25) is 5.02 Å². The maximum atomic E-state index is 13.8. The number of hydrogen-bond acceptors (Lipinski definition) is 2. The number of sulfonamides is 1. The molecule has 3 nitrogen and oxygen atoms in total. The van der Waals surface area contributed by atoms with Gasteiger partial charge in [0, 0.05) is 23.2 Å². The second-order valence-corrected chi connectivity index (χ2v) is 7.24. The molecule has 0 atom stereocenters. The number of rotatable bonds is 6. The minimum atomic E-state index is -3.33. The zero-order valence-electron chi connectivity index (χ0n) is 10.8. The molecule has 106 valence electrons. The summed E-state index contributed by atoms with van der Waals surface area (Å²) in [4.78, 5) is 0. The SMILES string of the molecule is CCCS(=O)(=O)N(Cc1c(F)cccc1Cl)C1CC1. The highest BCUT2D eigenvalue weighted by molar-refractivity contribution is 7.89. The Bertz CT molecular complexity index is 538. The Kier molecular flexibility index (Phi) is 4.48. The van der Waals surface area contributed by atoms with Crippen molar-refractivity contribution in [2.45, 2.75) is 38.8 Å². The molecule has 1 fully saturated rings. The molecule has 0 saturated heterocycles. The molecule has 1 aromatic rings. The van der Waals surface area contributed by atoms with Crippen molar-refractivity contribution in [3.8, 4) is 0 Å². The maximum Gasteiger partial charge on any atom is 0.214 e. The molecule has 0 amide bonds. The van der Waals surface area contributed by atoms with Crippen molar-refractivity contribution in [3.63, 3.8) is 0 Å². The minimum absolute atomic E-state index is 0.00669. The second-order valence-electron chi connectivity index (χ2n) is 4.79. The molecule has 0 aliphatic heterocycles. The summed E-state index contributed by atoms with van der Waals surface area (Å²) in [5.74, 6) is -0.361. The van der Waals surface area contributed by atoms with Gasteiger partial charge in [0.05, 0.1) is 5.75 Å². The molecular weight excluding hydrogens is 289 g/mol. The molecule has 0 aromatic heterocycles. The van der Waals surface area contributed by atoms with Crippen LogP contribution in [0.25, 0.3) is 0 Å². The van der Waals surface area contributed by atoms with Gasteiger partial charge in [-0.2, -0.15) is 4.31 Å². The van der Waals surface area contributed by atoms with E-state index in [1.165, 1.54) is 16.4 Å². The number of hydrogen-bond donors (Lipinski definition) is 0. The summed E-state index contributed by atoms with van der Waals surface area (Å²) in [6.45, 7) is 1.84. The van der Waals surface area contributed by atoms with Crippen LogP contribution in [-0.4, -0.2) is 24.5 Å². The first-order valence-corrected chi connectivity index (χ1v) is 8.37. The third-order valence-electron chi connectivity index (χ3n) is 3.15. The van der Waals surface area contributed by atoms with Gasteiger partial charge >= 0.3 is 0 Å². The summed E-state index contributed by atoms with van der Waals surface area (Å²) in [6, 6.07) is 4.41. The minimum Gasteiger partial charge on any atom is -0.212 e. The van der Waals surface area contributed by atoms with Crippen molar-refractivity contribution in [1.29, 1.82) is 0 Å². The summed E-state index contributed by atoms with van der Waals surface area (Å²) in [6.07, 6.45) is 2.24. The molecule has 0 heterocycles. The smallest absolute Gasteiger partial charge is 0.212 e. The molecule has 1 saturated carbocycles. The Hall–Kier alpha value is -0.650. The monoisotopic (exact) mass is 305 g/mol. The Balaban J connectivity index is 2.27. The van der Waals surface area contributed by atoms with E-state index in [0.29, 0.717) is 6.42 Å². The fraction of sp³-hybridized carbons (Fsp3) is 0.538. The maximum absolute atomic E-state index is 13.8. The Morgan fingerprint density at radius 3 is 2.63 bits per heavy atom. The van der Waals surface area contributed by atoms with Crippen molar-refractivity contribution in [2.75, 3.05) is 5.75 Å². The Labute approximate surface area is 118 Å². The summed E-state index contributed by atoms with van der Waals surface area (Å²) < 4.78 is 39.6. The molecular formula is C13H17ClFNO2S. The van der Waals surface area contributed by atoms with E-state index in [1.54, 1.807) is 6.07 Å². The molecule has 0 bridgehead atoms. The van der Waals surface area contributed by atoms with Gasteiger partial charge in [-0.25, -0.2) is 12.8 Å². The first kappa shape index (κ1) is 14.8. The molecule has 0 N–H and O–H groups in total. The normalized spacial score (nSPS) is 16.0. The summed E-state index contributed by atoms with van der Waals surface area (Å²) >= 11 is 5.96. The van der Waals surface area contributed by atoms with E-state index in [9.17, 15) is 12.8 Å². The molecule has 1 aliphatic carbocycles. The van der Waals surface area contributed by atoms with Crippen molar-refractivity contribution < 1.29 is 12.8 Å². The van der Waals surface area contributed by atoms with Crippen LogP contribution >= 0.6 is 11.6 Å². The van der Waals surface area contributed by atoms with Crippen LogP contribution in [0, 0.1) is 5.82 Å². The van der Waals surface area contributed by atoms with E-state index in [-0.39, 0.29) is 28.9 Å². The molecule has 1 aromatic carbocycles. The van der Waals surface area contributed by atoms with Gasteiger partial charge < -0.3 is 0 Å². The fourth-order valence-corrected chi connectivity index (χ4v) is 4.00. The fourth-order valence-electron chi connectivity index (χ4n) is 2.03. The summed E-state index contributed by atoms with van der Waals surface area (Å²) in [7, 11) is -3.33. The van der Waals surface area contributed by atoms with Gasteiger partial charge in [0.1, 0.15) is 5.82 Å². The largest absolute Gasteiger partial charge is 0.214 e. The molecule has 0 unspecified atom stereocenters. The third-order valence-corrected chi connectivity index (χ3v) is 5.57. The zero-order chi connectivity index (χ0) is 14.0. The van der Waals surface area contributed by atoms with Gasteiger partial charge in [0.2, 0.25) is 10.0 Å². The average molecular weight is 306 g/mol. The standard InChI is InChI=1S/C13H17ClFNO2S/c1-2-8-19(17,18)16(10-6-7-10)9-11-12(14)4-3-5-13(11)15/h3-5,10H,2,6-9H2,1H3. The first-order chi connectivity index (χ1) is 8.95. The lowest BCUT2D eigenvalue weighted by atomic mass is 10.2. The summed E-state index contributed by atoms with van der Waals surface area (Å²) in [5, 5.41) is 0.275. The van der Waals surface area contributed by atoms with Crippen molar-refractivity contribution in [1.82, 2.24) is 4.31 Å². The lowest BCUT2D eigenvalue weighted by Crippen LogP contribution is -2.34. The third kappa shape index (κ3) is 3.46. The van der Waals surface area contributed by atoms with Crippen LogP contribution in [0.3, 0.4) is 0 Å². The van der Waals surface area contributed by atoms with Gasteiger partial charge in [-0.1, -0.05) is 24.6 Å². The highest BCUT2D eigenvalue weighted by atomic mass is 35.5. The molecule has 19 heavy (non-hydrogen) atoms. The van der Waals surface area contributed by atoms with E-state index in [1.807, 2.05) is 6.92 Å². The van der Waals surface area contributed by atoms with Crippen molar-refractivity contribution in [2.24, 2.45) is 0 Å². The quantitative estimate of drug-likeness (QED) is 0.809. The lowest BCUT2D eigenvalue weighted by molar-refractivity contribution is 0.391. The zero-order valence-corrected chi connectivity index (χ0v) is 12.3. The van der Waals surface area contributed by atoms with E-state index in [4.69, 9.17) is 11.6 Å². The van der Waals surface area contributed by atoms with E-state index in [0.717, 1.165) is 12.8 Å². The second kappa shape index (κ2) is 5.77. The van der Waals surface area contributed by atoms with Crippen LogP contribution in [0.15, 0.2) is 18.2 Å². The molecule has 0 radical (unpaired) electrons. The van der Waals surface area contributed by atoms with Gasteiger partial charge in [-0.3, -0.25) is 0 Å². The van der Waals surface area contributed by atoms with E-state index in [2.05, 4.69) is 0 Å². The molecule has 2 rings (SSSR count). The topological polar surface area (TPSA) is 37.4 Å². The van der Waals surface area contributed by atoms with E-state index >= 15 is 0 Å². The summed E-state index contributed by atoms with van der Waals surface area (Å²) in [5.41, 5.74) is 0.260. The number of nitrogens with zero attached hydrogens (tertiary/aromatic N) is 1. The first-order valence-electron chi connectivity index (χ1n) is 6.38. The number of halogens is 2. The van der Waals surface area contributed by atoms with E-state index < -0.39 is 15.8 Å². The predicted octanol–water partition coefficient (Wildman–Crippen LogP) is 3.18. The highest BCUT2D eigenvalue weighted by Crippen LogP contribution is 2.33. The van der Waals surface area contributed by atoms with Crippen LogP contribution < -0.4 is 0 Å². The average Bonchev–Trinajstić information content (AvgIpc) is 3.12. The van der Waals surface area contributed by atoms with Crippen LogP contribution in [0.1, 0.15) is 31.7 Å². The lowest BCUT2D eigenvalue weighted by Gasteiger charge is -2.22. The van der Waals surface area contributed by atoms with Crippen LogP contribution in [0.4, 0.5) is 4.39 Å². The molecule has 1 aliphatic rings. The highest BCUT2D eigenvalue weighted by Gasteiger charge is 2.37. The van der Waals surface area contributed by atoms with Gasteiger partial charge in [-0.15, -0.1) is 0 Å². The van der Waals surface area contributed by atoms with Crippen LogP contribution in [0.5, 0.6) is 0 Å².